The van der Waals surface area contributed by atoms with E-state index in [0.717, 1.165) is 11.6 Å². The van der Waals surface area contributed by atoms with Crippen LogP contribution in [0.5, 0.6) is 0 Å². The zero-order chi connectivity index (χ0) is 12.5. The zero-order valence-corrected chi connectivity index (χ0v) is 12.3. The normalized spacial score (nSPS) is 25.9. The van der Waals surface area contributed by atoms with E-state index in [1.54, 1.807) is 0 Å². The summed E-state index contributed by atoms with van der Waals surface area (Å²) >= 11 is 3.90. The Hall–Kier alpha value is -0.360. The molecule has 17 heavy (non-hydrogen) atoms. The standard InChI is InChI=1S/C11H19N3OS2/c1-7-8(17-6-5-16-7)9-12-10(15-14-9)13-11(2,3)4/h7-8H,5-6H2,1-4H3,(H,12,13,14). The number of hydrogen-bond acceptors (Lipinski definition) is 6. The van der Waals surface area contributed by atoms with E-state index in [0.29, 0.717) is 16.5 Å². The van der Waals surface area contributed by atoms with E-state index in [9.17, 15) is 0 Å². The lowest BCUT2D eigenvalue weighted by Crippen LogP contribution is -2.26. The third kappa shape index (κ3) is 3.55. The Kier molecular flexibility index (Phi) is 3.92. The second kappa shape index (κ2) is 5.10. The van der Waals surface area contributed by atoms with Crippen molar-refractivity contribution in [2.45, 2.75) is 43.7 Å². The zero-order valence-electron chi connectivity index (χ0n) is 10.7. The number of nitrogens with zero attached hydrogens (tertiary/aromatic N) is 2. The molecular formula is C11H19N3OS2. The van der Waals surface area contributed by atoms with Crippen LogP contribution in [0.15, 0.2) is 4.52 Å². The number of thioether (sulfide) groups is 2. The summed E-state index contributed by atoms with van der Waals surface area (Å²) in [5.41, 5.74) is -0.0517. The molecule has 1 N–H and O–H groups in total. The second-order valence-electron chi connectivity index (χ2n) is 5.20. The second-order valence-corrected chi connectivity index (χ2v) is 7.93. The Morgan fingerprint density at radius 2 is 2.00 bits per heavy atom. The average molecular weight is 273 g/mol. The highest BCUT2D eigenvalue weighted by atomic mass is 32.2. The predicted molar refractivity (Wildman–Crippen MR) is 74.8 cm³/mol. The first kappa shape index (κ1) is 13.1. The van der Waals surface area contributed by atoms with Crippen LogP contribution in [0.3, 0.4) is 0 Å². The SMILES string of the molecule is CC1SCCSC1c1noc(NC(C)(C)C)n1. The topological polar surface area (TPSA) is 51.0 Å². The van der Waals surface area contributed by atoms with E-state index in [2.05, 4.69) is 43.2 Å². The summed E-state index contributed by atoms with van der Waals surface area (Å²) in [6.07, 6.45) is 0. The van der Waals surface area contributed by atoms with Crippen LogP contribution >= 0.6 is 23.5 Å². The number of aromatic nitrogens is 2. The molecule has 2 unspecified atom stereocenters. The average Bonchev–Trinajstić information content (AvgIpc) is 2.64. The lowest BCUT2D eigenvalue weighted by molar-refractivity contribution is 0.411. The molecular weight excluding hydrogens is 254 g/mol. The Labute approximate surface area is 111 Å². The van der Waals surface area contributed by atoms with Gasteiger partial charge in [0, 0.05) is 22.3 Å². The minimum atomic E-state index is -0.0517. The number of hydrogen-bond donors (Lipinski definition) is 1. The predicted octanol–water partition coefficient (Wildman–Crippen LogP) is 3.19. The fraction of sp³-hybridized carbons (Fsp3) is 0.818. The summed E-state index contributed by atoms with van der Waals surface area (Å²) < 4.78 is 5.25. The maximum Gasteiger partial charge on any atom is 0.321 e. The number of anilines is 1. The van der Waals surface area contributed by atoms with E-state index >= 15 is 0 Å². The van der Waals surface area contributed by atoms with Crippen LogP contribution in [0.25, 0.3) is 0 Å². The molecule has 4 nitrogen and oxygen atoms in total. The maximum absolute atomic E-state index is 5.25. The lowest BCUT2D eigenvalue weighted by Gasteiger charge is -2.24. The Morgan fingerprint density at radius 3 is 2.65 bits per heavy atom. The van der Waals surface area contributed by atoms with Crippen LogP contribution in [0.1, 0.15) is 38.8 Å². The van der Waals surface area contributed by atoms with Crippen LogP contribution in [0.2, 0.25) is 0 Å². The van der Waals surface area contributed by atoms with E-state index in [1.807, 2.05) is 23.5 Å². The first-order valence-electron chi connectivity index (χ1n) is 5.81. The van der Waals surface area contributed by atoms with Gasteiger partial charge in [0.15, 0.2) is 5.82 Å². The van der Waals surface area contributed by atoms with Crippen molar-refractivity contribution in [1.29, 1.82) is 0 Å². The molecule has 0 aliphatic carbocycles. The third-order valence-electron chi connectivity index (χ3n) is 2.37. The fourth-order valence-corrected chi connectivity index (χ4v) is 4.32. The number of rotatable bonds is 2. The van der Waals surface area contributed by atoms with E-state index in [4.69, 9.17) is 4.52 Å². The van der Waals surface area contributed by atoms with E-state index in [1.165, 1.54) is 5.75 Å². The quantitative estimate of drug-likeness (QED) is 0.893. The molecule has 0 aromatic carbocycles. The van der Waals surface area contributed by atoms with Crippen molar-refractivity contribution in [3.8, 4) is 0 Å². The maximum atomic E-state index is 5.25. The highest BCUT2D eigenvalue weighted by Gasteiger charge is 2.28. The van der Waals surface area contributed by atoms with Crippen molar-refractivity contribution in [3.63, 3.8) is 0 Å². The van der Waals surface area contributed by atoms with Gasteiger partial charge >= 0.3 is 6.01 Å². The van der Waals surface area contributed by atoms with E-state index in [-0.39, 0.29) is 5.54 Å². The largest absolute Gasteiger partial charge is 0.333 e. The highest BCUT2D eigenvalue weighted by Crippen LogP contribution is 2.41. The van der Waals surface area contributed by atoms with Crippen LogP contribution in [0, 0.1) is 0 Å². The molecule has 0 radical (unpaired) electrons. The molecule has 1 saturated heterocycles. The lowest BCUT2D eigenvalue weighted by atomic mass is 10.1. The van der Waals surface area contributed by atoms with Crippen LogP contribution in [0.4, 0.5) is 6.01 Å². The molecule has 1 aromatic rings. The highest BCUT2D eigenvalue weighted by molar-refractivity contribution is 8.06. The van der Waals surface area contributed by atoms with Crippen molar-refractivity contribution >= 4 is 29.5 Å². The Balaban J connectivity index is 2.07. The molecule has 1 aromatic heterocycles. The van der Waals surface area contributed by atoms with Crippen molar-refractivity contribution < 1.29 is 4.52 Å². The Bertz CT molecular complexity index is 375. The number of nitrogens with one attached hydrogen (secondary N) is 1. The van der Waals surface area contributed by atoms with Crippen LogP contribution < -0.4 is 5.32 Å². The smallest absolute Gasteiger partial charge is 0.321 e. The summed E-state index contributed by atoms with van der Waals surface area (Å²) in [4.78, 5) is 4.45. The fourth-order valence-electron chi connectivity index (χ4n) is 1.64. The minimum absolute atomic E-state index is 0.0517. The van der Waals surface area contributed by atoms with Gasteiger partial charge in [-0.2, -0.15) is 16.7 Å². The first-order valence-corrected chi connectivity index (χ1v) is 7.90. The van der Waals surface area contributed by atoms with Crippen molar-refractivity contribution in [3.05, 3.63) is 5.82 Å². The van der Waals surface area contributed by atoms with Gasteiger partial charge in [-0.05, 0) is 20.8 Å². The summed E-state index contributed by atoms with van der Waals surface area (Å²) in [7, 11) is 0. The molecule has 96 valence electrons. The summed E-state index contributed by atoms with van der Waals surface area (Å²) in [5.74, 6) is 3.20. The molecule has 1 fully saturated rings. The molecule has 0 saturated carbocycles. The van der Waals surface area contributed by atoms with Gasteiger partial charge in [-0.25, -0.2) is 0 Å². The van der Waals surface area contributed by atoms with Gasteiger partial charge in [-0.3, -0.25) is 0 Å². The van der Waals surface area contributed by atoms with Crippen molar-refractivity contribution in [2.24, 2.45) is 0 Å². The molecule has 0 bridgehead atoms. The van der Waals surface area contributed by atoms with Crippen LogP contribution in [-0.2, 0) is 0 Å². The molecule has 2 heterocycles. The van der Waals surface area contributed by atoms with Gasteiger partial charge in [-0.1, -0.05) is 12.1 Å². The van der Waals surface area contributed by atoms with Gasteiger partial charge in [0.25, 0.3) is 0 Å². The molecule has 2 atom stereocenters. The van der Waals surface area contributed by atoms with Gasteiger partial charge in [0.05, 0.1) is 5.25 Å². The minimum Gasteiger partial charge on any atom is -0.333 e. The molecule has 0 amide bonds. The molecule has 1 aliphatic rings. The summed E-state index contributed by atoms with van der Waals surface area (Å²) in [5, 5.41) is 8.20. The van der Waals surface area contributed by atoms with Gasteiger partial charge in [0.2, 0.25) is 0 Å². The third-order valence-corrected chi connectivity index (χ3v) is 5.45. The summed E-state index contributed by atoms with van der Waals surface area (Å²) in [6.45, 7) is 8.45. The van der Waals surface area contributed by atoms with E-state index < -0.39 is 0 Å². The van der Waals surface area contributed by atoms with Gasteiger partial charge in [0.1, 0.15) is 0 Å². The molecule has 2 rings (SSSR count). The van der Waals surface area contributed by atoms with Gasteiger partial charge < -0.3 is 9.84 Å². The Morgan fingerprint density at radius 1 is 1.29 bits per heavy atom. The van der Waals surface area contributed by atoms with Crippen molar-refractivity contribution in [2.75, 3.05) is 16.8 Å². The first-order chi connectivity index (χ1) is 7.96. The molecule has 6 heteroatoms. The van der Waals surface area contributed by atoms with Crippen LogP contribution in [-0.4, -0.2) is 32.4 Å². The van der Waals surface area contributed by atoms with Gasteiger partial charge in [-0.15, -0.1) is 11.8 Å². The molecule has 1 aliphatic heterocycles. The molecule has 0 spiro atoms. The monoisotopic (exact) mass is 273 g/mol. The summed E-state index contributed by atoms with van der Waals surface area (Å²) in [6, 6.07) is 0.524. The van der Waals surface area contributed by atoms with Crippen molar-refractivity contribution in [1.82, 2.24) is 10.1 Å².